The summed E-state index contributed by atoms with van der Waals surface area (Å²) in [6.45, 7) is 0. The van der Waals surface area contributed by atoms with Crippen LogP contribution in [0.25, 0.3) is 0 Å². The first-order valence-corrected chi connectivity index (χ1v) is 10.7. The van der Waals surface area contributed by atoms with E-state index < -0.39 is 16.2 Å². The number of nitrogens with one attached hydrogen (secondary N) is 3. The molecule has 0 saturated heterocycles. The molecule has 0 bridgehead atoms. The minimum atomic E-state index is -3.61. The second-order valence-corrected chi connectivity index (χ2v) is 8.88. The van der Waals surface area contributed by atoms with Crippen molar-refractivity contribution in [2.45, 2.75) is 11.1 Å². The molecule has 0 spiro atoms. The van der Waals surface area contributed by atoms with Crippen molar-refractivity contribution in [2.24, 2.45) is 0 Å². The van der Waals surface area contributed by atoms with Gasteiger partial charge in [0.2, 0.25) is 10.0 Å². The van der Waals surface area contributed by atoms with Gasteiger partial charge in [-0.1, -0.05) is 40.2 Å². The van der Waals surface area contributed by atoms with Gasteiger partial charge in [-0.2, -0.15) is 4.72 Å². The molecule has 1 heterocycles. The topological polar surface area (TPSA) is 87.3 Å². The maximum Gasteiger partial charge on any atom is 0.255 e. The number of halogens is 1. The minimum Gasteiger partial charge on any atom is -0.364 e. The molecule has 0 aromatic heterocycles. The number of rotatable bonds is 3. The molecular formula is C20H16BrN3O3S. The Bertz CT molecular complexity index is 1130. The molecule has 6 nitrogen and oxygen atoms in total. The molecule has 0 saturated carbocycles. The summed E-state index contributed by atoms with van der Waals surface area (Å²) in [5.74, 6) is -0.239. The molecule has 3 aromatic rings. The zero-order chi connectivity index (χ0) is 19.7. The number of benzene rings is 3. The number of fused-ring (bicyclic) bond motifs is 1. The van der Waals surface area contributed by atoms with Gasteiger partial charge in [0, 0.05) is 15.7 Å². The standard InChI is InChI=1S/C20H16BrN3O3S/c21-15-9-11-16(12-10-15)22-20(25)14-7-5-13(6-8-14)19-23-17-3-1-2-4-18(17)28(26,27)24-19/h1-12,19,23-24H,(H,22,25)/t19-/m0/s1. The van der Waals surface area contributed by atoms with Gasteiger partial charge in [0.25, 0.3) is 5.91 Å². The predicted octanol–water partition coefficient (Wildman–Crippen LogP) is 4.10. The molecule has 1 atom stereocenters. The number of carbonyl (C=O) groups excluding carboxylic acids is 1. The first-order chi connectivity index (χ1) is 13.4. The number of sulfonamides is 1. The van der Waals surface area contributed by atoms with Crippen LogP contribution in [0.4, 0.5) is 11.4 Å². The van der Waals surface area contributed by atoms with Crippen LogP contribution in [0.1, 0.15) is 22.1 Å². The lowest BCUT2D eigenvalue weighted by Crippen LogP contribution is -2.38. The summed E-state index contributed by atoms with van der Waals surface area (Å²) in [6.07, 6.45) is -0.608. The number of amides is 1. The molecule has 3 N–H and O–H groups in total. The van der Waals surface area contributed by atoms with Gasteiger partial charge in [0.15, 0.2) is 0 Å². The molecule has 0 radical (unpaired) electrons. The van der Waals surface area contributed by atoms with Gasteiger partial charge < -0.3 is 10.6 Å². The highest BCUT2D eigenvalue weighted by Crippen LogP contribution is 2.30. The summed E-state index contributed by atoms with van der Waals surface area (Å²) >= 11 is 3.35. The molecule has 3 aromatic carbocycles. The molecule has 28 heavy (non-hydrogen) atoms. The minimum absolute atomic E-state index is 0.219. The Morgan fingerprint density at radius 2 is 1.61 bits per heavy atom. The van der Waals surface area contributed by atoms with Crippen LogP contribution in [0.2, 0.25) is 0 Å². The van der Waals surface area contributed by atoms with E-state index in [9.17, 15) is 13.2 Å². The first-order valence-electron chi connectivity index (χ1n) is 8.47. The van der Waals surface area contributed by atoms with E-state index in [1.165, 1.54) is 0 Å². The monoisotopic (exact) mass is 457 g/mol. The van der Waals surface area contributed by atoms with Crippen LogP contribution in [0.5, 0.6) is 0 Å². The van der Waals surface area contributed by atoms with Gasteiger partial charge in [-0.05, 0) is 54.1 Å². The smallest absolute Gasteiger partial charge is 0.255 e. The lowest BCUT2D eigenvalue weighted by Gasteiger charge is -2.28. The van der Waals surface area contributed by atoms with Crippen molar-refractivity contribution >= 4 is 43.2 Å². The maximum absolute atomic E-state index is 12.4. The zero-order valence-corrected chi connectivity index (χ0v) is 16.9. The van der Waals surface area contributed by atoms with Crippen LogP contribution >= 0.6 is 15.9 Å². The Hall–Kier alpha value is -2.68. The second kappa shape index (κ2) is 7.38. The van der Waals surface area contributed by atoms with E-state index in [0.29, 0.717) is 22.5 Å². The van der Waals surface area contributed by atoms with E-state index in [1.807, 2.05) is 12.1 Å². The average Bonchev–Trinajstić information content (AvgIpc) is 2.69. The van der Waals surface area contributed by atoms with Crippen LogP contribution < -0.4 is 15.4 Å². The van der Waals surface area contributed by atoms with E-state index in [4.69, 9.17) is 0 Å². The largest absolute Gasteiger partial charge is 0.364 e. The van der Waals surface area contributed by atoms with Gasteiger partial charge in [-0.25, -0.2) is 8.42 Å². The van der Waals surface area contributed by atoms with E-state index in [0.717, 1.165) is 4.47 Å². The number of carbonyl (C=O) groups is 1. The van der Waals surface area contributed by atoms with Crippen molar-refractivity contribution in [1.29, 1.82) is 0 Å². The Morgan fingerprint density at radius 1 is 0.929 bits per heavy atom. The summed E-state index contributed by atoms with van der Waals surface area (Å²) in [5.41, 5.74) is 2.42. The fraction of sp³-hybridized carbons (Fsp3) is 0.0500. The second-order valence-electron chi connectivity index (χ2n) is 6.28. The van der Waals surface area contributed by atoms with Crippen LogP contribution in [0.15, 0.2) is 82.2 Å². The summed E-state index contributed by atoms with van der Waals surface area (Å²) in [7, 11) is -3.61. The number of anilines is 2. The molecule has 1 aliphatic heterocycles. The summed E-state index contributed by atoms with van der Waals surface area (Å²) < 4.78 is 28.4. The maximum atomic E-state index is 12.4. The number of para-hydroxylation sites is 1. The van der Waals surface area contributed by atoms with Crippen LogP contribution in [-0.2, 0) is 10.0 Å². The lowest BCUT2D eigenvalue weighted by atomic mass is 10.1. The fourth-order valence-corrected chi connectivity index (χ4v) is 4.51. The summed E-state index contributed by atoms with van der Waals surface area (Å²) in [5, 5.41) is 5.99. The lowest BCUT2D eigenvalue weighted by molar-refractivity contribution is 0.102. The van der Waals surface area contributed by atoms with Gasteiger partial charge in [0.05, 0.1) is 5.69 Å². The van der Waals surface area contributed by atoms with Crippen LogP contribution in [-0.4, -0.2) is 14.3 Å². The van der Waals surface area contributed by atoms with Crippen molar-refractivity contribution in [3.05, 3.63) is 88.4 Å². The van der Waals surface area contributed by atoms with E-state index in [-0.39, 0.29) is 10.8 Å². The van der Waals surface area contributed by atoms with Gasteiger partial charge >= 0.3 is 0 Å². The number of hydrogen-bond donors (Lipinski definition) is 3. The van der Waals surface area contributed by atoms with Crippen molar-refractivity contribution < 1.29 is 13.2 Å². The average molecular weight is 458 g/mol. The molecule has 0 aliphatic carbocycles. The van der Waals surface area contributed by atoms with Crippen molar-refractivity contribution in [3.8, 4) is 0 Å². The molecule has 0 unspecified atom stereocenters. The fourth-order valence-electron chi connectivity index (χ4n) is 2.94. The molecule has 8 heteroatoms. The summed E-state index contributed by atoms with van der Waals surface area (Å²) in [6, 6.07) is 20.8. The molecular weight excluding hydrogens is 442 g/mol. The predicted molar refractivity (Wildman–Crippen MR) is 112 cm³/mol. The van der Waals surface area contributed by atoms with Crippen molar-refractivity contribution in [2.75, 3.05) is 10.6 Å². The Balaban J connectivity index is 1.52. The quantitative estimate of drug-likeness (QED) is 0.552. The highest BCUT2D eigenvalue weighted by atomic mass is 79.9. The van der Waals surface area contributed by atoms with Gasteiger partial charge in [-0.3, -0.25) is 4.79 Å². The van der Waals surface area contributed by atoms with Crippen LogP contribution in [0.3, 0.4) is 0 Å². The highest BCUT2D eigenvalue weighted by molar-refractivity contribution is 9.10. The van der Waals surface area contributed by atoms with E-state index in [2.05, 4.69) is 31.3 Å². The highest BCUT2D eigenvalue weighted by Gasteiger charge is 2.29. The van der Waals surface area contributed by atoms with Crippen molar-refractivity contribution in [3.63, 3.8) is 0 Å². The Labute approximate surface area is 171 Å². The third kappa shape index (κ3) is 3.80. The van der Waals surface area contributed by atoms with E-state index >= 15 is 0 Å². The Kier molecular flexibility index (Phi) is 4.92. The number of hydrogen-bond acceptors (Lipinski definition) is 4. The van der Waals surface area contributed by atoms with E-state index in [1.54, 1.807) is 60.7 Å². The first kappa shape index (κ1) is 18.7. The van der Waals surface area contributed by atoms with Crippen LogP contribution in [0, 0.1) is 0 Å². The molecule has 0 fully saturated rings. The molecule has 1 aliphatic rings. The molecule has 142 valence electrons. The zero-order valence-electron chi connectivity index (χ0n) is 14.5. The molecule has 1 amide bonds. The van der Waals surface area contributed by atoms with Gasteiger partial charge in [-0.15, -0.1) is 0 Å². The Morgan fingerprint density at radius 3 is 2.32 bits per heavy atom. The third-order valence-corrected chi connectivity index (χ3v) is 6.37. The van der Waals surface area contributed by atoms with Gasteiger partial charge in [0.1, 0.15) is 11.1 Å². The summed E-state index contributed by atoms with van der Waals surface area (Å²) in [4.78, 5) is 12.6. The SMILES string of the molecule is O=C(Nc1ccc(Br)cc1)c1ccc([C@H]2Nc3ccccc3S(=O)(=O)N2)cc1. The van der Waals surface area contributed by atoms with Crippen molar-refractivity contribution in [1.82, 2.24) is 4.72 Å². The third-order valence-electron chi connectivity index (χ3n) is 4.36. The molecule has 4 rings (SSSR count). The normalized spacial score (nSPS) is 17.2.